The average molecular weight is 1110 g/mol. The van der Waals surface area contributed by atoms with E-state index in [9.17, 15) is 30.3 Å². The maximum absolute atomic E-state index is 13.1. The predicted octanol–water partition coefficient (Wildman–Crippen LogP) is 17.0. The van der Waals surface area contributed by atoms with E-state index in [1.54, 1.807) is 6.08 Å². The molecule has 80 heavy (non-hydrogen) atoms. The van der Waals surface area contributed by atoms with Gasteiger partial charge in [0, 0.05) is 6.42 Å². The second kappa shape index (κ2) is 58.3. The third-order valence-corrected chi connectivity index (χ3v) is 14.1. The van der Waals surface area contributed by atoms with Gasteiger partial charge in [-0.05, 0) is 116 Å². The molecule has 1 fully saturated rings. The molecule has 0 bridgehead atoms. The molecule has 1 aliphatic rings. The molecule has 454 valence electrons. The van der Waals surface area contributed by atoms with Crippen molar-refractivity contribution < 1.29 is 39.8 Å². The minimum atomic E-state index is -1.58. The lowest BCUT2D eigenvalue weighted by Crippen LogP contribution is -2.60. The van der Waals surface area contributed by atoms with E-state index in [4.69, 9.17) is 9.47 Å². The molecule has 1 aliphatic heterocycles. The molecule has 0 spiro atoms. The fraction of sp³-hybridized carbons (Fsp3) is 0.648. The van der Waals surface area contributed by atoms with E-state index in [1.165, 1.54) is 96.3 Å². The van der Waals surface area contributed by atoms with E-state index in [2.05, 4.69) is 153 Å². The number of unbranched alkanes of at least 4 members (excludes halogenated alkanes) is 21. The van der Waals surface area contributed by atoms with Crippen molar-refractivity contribution in [3.8, 4) is 0 Å². The first kappa shape index (κ1) is 74.1. The number of carbonyl (C=O) groups is 1. The van der Waals surface area contributed by atoms with Crippen molar-refractivity contribution in [2.45, 2.75) is 281 Å². The van der Waals surface area contributed by atoms with Gasteiger partial charge < -0.3 is 40.3 Å². The second-order valence-electron chi connectivity index (χ2n) is 21.4. The van der Waals surface area contributed by atoms with Crippen LogP contribution in [0.3, 0.4) is 0 Å². The Bertz CT molecular complexity index is 1770. The van der Waals surface area contributed by atoms with Crippen LogP contribution in [0.25, 0.3) is 0 Å². The molecular weight excluding hydrogens is 995 g/mol. The van der Waals surface area contributed by atoms with Crippen molar-refractivity contribution in [1.29, 1.82) is 0 Å². The average Bonchev–Trinajstić information content (AvgIpc) is 3.46. The zero-order valence-electron chi connectivity index (χ0n) is 50.5. The highest BCUT2D eigenvalue weighted by Crippen LogP contribution is 2.23. The molecule has 7 atom stereocenters. The summed E-state index contributed by atoms with van der Waals surface area (Å²) in [5.41, 5.74) is 0. The van der Waals surface area contributed by atoms with Gasteiger partial charge in [-0.1, -0.05) is 262 Å². The molecule has 1 rings (SSSR count). The van der Waals surface area contributed by atoms with Gasteiger partial charge in [0.1, 0.15) is 24.4 Å². The van der Waals surface area contributed by atoms with Crippen molar-refractivity contribution in [3.05, 3.63) is 146 Å². The fourth-order valence-electron chi connectivity index (χ4n) is 9.12. The van der Waals surface area contributed by atoms with Crippen LogP contribution < -0.4 is 5.32 Å². The Morgan fingerprint density at radius 3 is 1.20 bits per heavy atom. The quantitative estimate of drug-likeness (QED) is 0.0261. The van der Waals surface area contributed by atoms with Crippen LogP contribution in [-0.2, 0) is 14.3 Å². The number of aliphatic hydroxyl groups is 5. The van der Waals surface area contributed by atoms with Gasteiger partial charge in [0.05, 0.1) is 25.4 Å². The first-order valence-corrected chi connectivity index (χ1v) is 32.1. The van der Waals surface area contributed by atoms with Gasteiger partial charge >= 0.3 is 0 Å². The van der Waals surface area contributed by atoms with Crippen molar-refractivity contribution >= 4 is 5.91 Å². The first-order chi connectivity index (χ1) is 39.3. The van der Waals surface area contributed by atoms with Crippen molar-refractivity contribution in [3.63, 3.8) is 0 Å². The summed E-state index contributed by atoms with van der Waals surface area (Å²) in [6.45, 7) is 3.63. The zero-order chi connectivity index (χ0) is 57.9. The molecule has 7 unspecified atom stereocenters. The second-order valence-corrected chi connectivity index (χ2v) is 21.4. The first-order valence-electron chi connectivity index (χ1n) is 32.1. The summed E-state index contributed by atoms with van der Waals surface area (Å²) < 4.78 is 11.3. The highest BCUT2D eigenvalue weighted by molar-refractivity contribution is 5.76. The summed E-state index contributed by atoms with van der Waals surface area (Å²) in [7, 11) is 0. The maximum Gasteiger partial charge on any atom is 0.220 e. The molecule has 0 aromatic heterocycles. The number of hydrogen-bond donors (Lipinski definition) is 6. The Kier molecular flexibility index (Phi) is 54.0. The highest BCUT2D eigenvalue weighted by atomic mass is 16.7. The van der Waals surface area contributed by atoms with E-state index in [0.717, 1.165) is 122 Å². The molecule has 0 aromatic carbocycles. The maximum atomic E-state index is 13.1. The number of carbonyl (C=O) groups excluding carboxylic acids is 1. The Morgan fingerprint density at radius 2 is 0.787 bits per heavy atom. The lowest BCUT2D eigenvalue weighted by molar-refractivity contribution is -0.302. The Hall–Kier alpha value is -3.93. The monoisotopic (exact) mass is 1110 g/mol. The molecule has 9 heteroatoms. The van der Waals surface area contributed by atoms with Crippen molar-refractivity contribution in [2.24, 2.45) is 0 Å². The summed E-state index contributed by atoms with van der Waals surface area (Å²) in [6, 6.07) is -0.843. The van der Waals surface area contributed by atoms with Gasteiger partial charge in [-0.3, -0.25) is 4.79 Å². The number of rotatable bonds is 53. The largest absolute Gasteiger partial charge is 0.394 e. The summed E-state index contributed by atoms with van der Waals surface area (Å²) in [6.07, 6.45) is 83.5. The van der Waals surface area contributed by atoms with Gasteiger partial charge in [-0.25, -0.2) is 0 Å². The van der Waals surface area contributed by atoms with Gasteiger partial charge in [0.25, 0.3) is 0 Å². The van der Waals surface area contributed by atoms with Crippen molar-refractivity contribution in [2.75, 3.05) is 13.2 Å². The highest BCUT2D eigenvalue weighted by Gasteiger charge is 2.44. The molecular formula is C71H117NO8. The van der Waals surface area contributed by atoms with E-state index in [-0.39, 0.29) is 12.5 Å². The molecule has 0 aromatic rings. The third-order valence-electron chi connectivity index (χ3n) is 14.1. The van der Waals surface area contributed by atoms with Crippen LogP contribution in [0, 0.1) is 0 Å². The molecule has 0 aliphatic carbocycles. The minimum Gasteiger partial charge on any atom is -0.394 e. The standard InChI is InChI=1S/C71H117NO8/c1-3-5-7-9-11-13-15-17-19-21-23-25-26-27-28-29-30-31-32-33-34-35-36-37-38-39-40-41-43-45-47-49-51-53-55-57-59-61-67(75)72-64(63-79-71-70(78)69(77)68(76)66(62-73)80-71)65(74)60-58-56-54-52-50-48-46-44-42-24-22-20-18-16-14-12-10-8-6-4-2/h5,7,11,13,17,19,23,25,27-28,30-31,33-34,36-37,39-40,42,44,50,52,58,60,64-66,68-71,73-74,76-78H,3-4,6,8-10,12,14-16,18,20-22,24,26,29,32,35,38,41,43,45-49,51,53-57,59,61-63H2,1-2H3,(H,72,75)/b7-5-,13-11-,19-17-,25-23-,28-27-,31-30-,34-33-,37-36-,40-39-,44-42+,52-50+,60-58+. The van der Waals surface area contributed by atoms with Gasteiger partial charge in [0.15, 0.2) is 6.29 Å². The molecule has 0 saturated carbocycles. The summed E-state index contributed by atoms with van der Waals surface area (Å²) in [5.74, 6) is -0.203. The SMILES string of the molecule is CC/C=C\C/C=C\C/C=C\C/C=C\C/C=C\C/C=C\C/C=C\C/C=C\C/C=C\CCCCCCCCCCCC(=O)NC(COC1OC(CO)C(O)C(O)C1O)C(O)/C=C/CC/C=C/CC/C=C/CCCCCCCCCCCC. The van der Waals surface area contributed by atoms with Crippen LogP contribution in [-0.4, -0.2) is 87.5 Å². The molecule has 9 nitrogen and oxygen atoms in total. The number of allylic oxidation sites excluding steroid dienone is 23. The van der Waals surface area contributed by atoms with Crippen LogP contribution in [0.5, 0.6) is 0 Å². The number of nitrogens with one attached hydrogen (secondary N) is 1. The molecule has 1 saturated heterocycles. The Balaban J connectivity index is 2.21. The minimum absolute atomic E-state index is 0.203. The van der Waals surface area contributed by atoms with Crippen LogP contribution in [0.1, 0.15) is 239 Å². The zero-order valence-corrected chi connectivity index (χ0v) is 50.5. The van der Waals surface area contributed by atoms with Crippen LogP contribution in [0.2, 0.25) is 0 Å². The van der Waals surface area contributed by atoms with Crippen LogP contribution in [0.15, 0.2) is 146 Å². The Morgan fingerprint density at radius 1 is 0.438 bits per heavy atom. The van der Waals surface area contributed by atoms with E-state index < -0.39 is 49.5 Å². The molecule has 1 amide bonds. The number of ether oxygens (including phenoxy) is 2. The molecule has 0 radical (unpaired) electrons. The fourth-order valence-corrected chi connectivity index (χ4v) is 9.12. The van der Waals surface area contributed by atoms with Crippen molar-refractivity contribution in [1.82, 2.24) is 5.32 Å². The smallest absolute Gasteiger partial charge is 0.220 e. The van der Waals surface area contributed by atoms with Gasteiger partial charge in [-0.2, -0.15) is 0 Å². The van der Waals surface area contributed by atoms with Crippen LogP contribution >= 0.6 is 0 Å². The van der Waals surface area contributed by atoms with Gasteiger partial charge in [0.2, 0.25) is 5.91 Å². The summed E-state index contributed by atoms with van der Waals surface area (Å²) in [4.78, 5) is 13.1. The topological polar surface area (TPSA) is 149 Å². The van der Waals surface area contributed by atoms with Gasteiger partial charge in [-0.15, -0.1) is 0 Å². The normalized spacial score (nSPS) is 19.5. The number of amides is 1. The van der Waals surface area contributed by atoms with E-state index >= 15 is 0 Å². The lowest BCUT2D eigenvalue weighted by atomic mass is 9.99. The van der Waals surface area contributed by atoms with Crippen LogP contribution in [0.4, 0.5) is 0 Å². The van der Waals surface area contributed by atoms with E-state index in [1.807, 2.05) is 6.08 Å². The lowest BCUT2D eigenvalue weighted by Gasteiger charge is -2.40. The summed E-state index contributed by atoms with van der Waals surface area (Å²) >= 11 is 0. The number of hydrogen-bond acceptors (Lipinski definition) is 8. The summed E-state index contributed by atoms with van der Waals surface area (Å²) in [5, 5.41) is 54.6. The van der Waals surface area contributed by atoms with E-state index in [0.29, 0.717) is 6.42 Å². The Labute approximate surface area is 489 Å². The third kappa shape index (κ3) is 46.7. The molecule has 6 N–H and O–H groups in total. The predicted molar refractivity (Wildman–Crippen MR) is 340 cm³/mol. The number of aliphatic hydroxyl groups excluding tert-OH is 5. The molecule has 1 heterocycles.